The number of benzene rings is 2. The molecule has 274 valence electrons. The number of hydrogen-bond acceptors (Lipinski definition) is 9. The van der Waals surface area contributed by atoms with Crippen LogP contribution in [0, 0.1) is 17.0 Å². The number of carbonyl (C=O) groups excluding carboxylic acids is 2. The van der Waals surface area contributed by atoms with Gasteiger partial charge in [0.2, 0.25) is 0 Å². The summed E-state index contributed by atoms with van der Waals surface area (Å²) in [5, 5.41) is 12.0. The number of ketones is 1. The molecule has 0 radical (unpaired) electrons. The fourth-order valence-corrected chi connectivity index (χ4v) is 6.37. The van der Waals surface area contributed by atoms with Gasteiger partial charge in [0.1, 0.15) is 21.9 Å². The van der Waals surface area contributed by atoms with Gasteiger partial charge in [0.05, 0.1) is 37.6 Å². The van der Waals surface area contributed by atoms with E-state index in [1.165, 1.54) is 30.3 Å². The number of hydrogen-bond donors (Lipinski definition) is 0. The van der Waals surface area contributed by atoms with E-state index in [4.69, 9.17) is 46.9 Å². The van der Waals surface area contributed by atoms with Crippen molar-refractivity contribution in [1.29, 1.82) is 0 Å². The number of halogens is 4. The molecule has 0 unspecified atom stereocenters. The molecule has 6 rings (SSSR count). The van der Waals surface area contributed by atoms with Crippen molar-refractivity contribution in [1.82, 2.24) is 4.90 Å². The Balaban J connectivity index is 1.25. The van der Waals surface area contributed by atoms with E-state index in [-0.39, 0.29) is 39.3 Å². The molecule has 1 aromatic heterocycles. The summed E-state index contributed by atoms with van der Waals surface area (Å²) >= 11 is 12.8. The summed E-state index contributed by atoms with van der Waals surface area (Å²) in [6, 6.07) is 8.92. The first kappa shape index (κ1) is 37.1. The Labute approximate surface area is 305 Å². The highest BCUT2D eigenvalue weighted by molar-refractivity contribution is 6.35. The molecular weight excluding hydrogens is 709 g/mol. The molecule has 2 aliphatic carbocycles. The highest BCUT2D eigenvalue weighted by Crippen LogP contribution is 2.38. The molecule has 0 spiro atoms. The molecule has 2 saturated carbocycles. The van der Waals surface area contributed by atoms with Crippen LogP contribution in [0.1, 0.15) is 76.5 Å². The molecule has 51 heavy (non-hydrogen) atoms. The van der Waals surface area contributed by atoms with E-state index in [1.54, 1.807) is 6.07 Å². The quantitative estimate of drug-likeness (QED) is 0.0576. The topological polar surface area (TPSA) is 110 Å². The lowest BCUT2D eigenvalue weighted by Gasteiger charge is -2.26. The van der Waals surface area contributed by atoms with Crippen LogP contribution in [0.5, 0.6) is 17.2 Å². The molecule has 0 bridgehead atoms. The van der Waals surface area contributed by atoms with Gasteiger partial charge >= 0.3 is 12.6 Å². The molecular formula is C37H40Cl2F2N2O8. The molecule has 14 heteroatoms. The van der Waals surface area contributed by atoms with Crippen LogP contribution >= 0.6 is 23.2 Å². The minimum Gasteiger partial charge on any atom is -0.619 e. The van der Waals surface area contributed by atoms with E-state index < -0.39 is 18.7 Å². The first-order valence-electron chi connectivity index (χ1n) is 17.2. The van der Waals surface area contributed by atoms with Gasteiger partial charge in [-0.3, -0.25) is 9.69 Å². The third kappa shape index (κ3) is 10.7. The van der Waals surface area contributed by atoms with Gasteiger partial charge in [-0.25, -0.2) is 4.79 Å². The van der Waals surface area contributed by atoms with Gasteiger partial charge in [0, 0.05) is 31.5 Å². The zero-order valence-electron chi connectivity index (χ0n) is 28.0. The van der Waals surface area contributed by atoms with Crippen LogP contribution in [0.15, 0.2) is 48.8 Å². The van der Waals surface area contributed by atoms with Crippen LogP contribution in [0.25, 0.3) is 0 Å². The second kappa shape index (κ2) is 17.2. The van der Waals surface area contributed by atoms with Gasteiger partial charge in [-0.15, -0.1) is 0 Å². The number of esters is 1. The summed E-state index contributed by atoms with van der Waals surface area (Å²) < 4.78 is 55.1. The number of alkyl halides is 2. The second-order valence-electron chi connectivity index (χ2n) is 13.2. The molecule has 1 aliphatic heterocycles. The van der Waals surface area contributed by atoms with Crippen LogP contribution < -0.4 is 18.9 Å². The first-order chi connectivity index (χ1) is 24.6. The number of pyridine rings is 1. The maximum atomic E-state index is 13.8. The smallest absolute Gasteiger partial charge is 0.387 e. The fraction of sp³-hybridized carbons (Fsp3) is 0.486. The molecule has 3 aliphatic rings. The van der Waals surface area contributed by atoms with Crippen molar-refractivity contribution in [2.75, 3.05) is 46.1 Å². The van der Waals surface area contributed by atoms with Gasteiger partial charge < -0.3 is 28.9 Å². The molecule has 3 fully saturated rings. The van der Waals surface area contributed by atoms with Crippen molar-refractivity contribution in [3.05, 3.63) is 86.3 Å². The molecule has 1 saturated heterocycles. The van der Waals surface area contributed by atoms with Gasteiger partial charge in [-0.1, -0.05) is 29.3 Å². The molecule has 3 aromatic rings. The summed E-state index contributed by atoms with van der Waals surface area (Å²) in [5.74, 6) is 0.108. The number of nitrogens with zero attached hydrogens (tertiary/aromatic N) is 2. The maximum absolute atomic E-state index is 13.8. The number of aromatic nitrogens is 1. The summed E-state index contributed by atoms with van der Waals surface area (Å²) in [6.45, 7) is 1.49. The van der Waals surface area contributed by atoms with E-state index >= 15 is 0 Å². The van der Waals surface area contributed by atoms with Crippen molar-refractivity contribution < 1.29 is 46.8 Å². The van der Waals surface area contributed by atoms with Crippen LogP contribution in [0.4, 0.5) is 8.78 Å². The lowest BCUT2D eigenvalue weighted by Crippen LogP contribution is -2.36. The predicted octanol–water partition coefficient (Wildman–Crippen LogP) is 7.24. The minimum absolute atomic E-state index is 0.0497. The number of ether oxygens (including phenoxy) is 5. The SMILES string of the molecule is O=C(O[C@@H](Cc1c(Cl)c[n+]([O-])cc1Cl)c1ccc(OC(F)F)c(OCC2CC2)c1)c1ccc(C(=O)CCCN2CCOCC2)c(OCC2CC2)c1. The zero-order valence-corrected chi connectivity index (χ0v) is 29.5. The van der Waals surface area contributed by atoms with Crippen LogP contribution in [-0.4, -0.2) is 69.3 Å². The largest absolute Gasteiger partial charge is 0.619 e. The van der Waals surface area contributed by atoms with Gasteiger partial charge in [0.15, 0.2) is 29.7 Å². The number of rotatable bonds is 18. The molecule has 10 nitrogen and oxygen atoms in total. The molecule has 2 heterocycles. The predicted molar refractivity (Wildman–Crippen MR) is 184 cm³/mol. The number of carbonyl (C=O) groups is 2. The van der Waals surface area contributed by atoms with Crippen LogP contribution in [0.2, 0.25) is 10.0 Å². The molecule has 0 amide bonds. The first-order valence-corrected chi connectivity index (χ1v) is 18.0. The van der Waals surface area contributed by atoms with Crippen molar-refractivity contribution in [3.63, 3.8) is 0 Å². The Hall–Kier alpha value is -3.71. The van der Waals surface area contributed by atoms with E-state index in [1.807, 2.05) is 0 Å². The molecule has 2 aromatic carbocycles. The molecule has 0 N–H and O–H groups in total. The van der Waals surface area contributed by atoms with Gasteiger partial charge in [-0.05, 0) is 86.4 Å². The normalized spacial score (nSPS) is 16.9. The Morgan fingerprint density at radius 1 is 0.922 bits per heavy atom. The average Bonchev–Trinajstić information content (AvgIpc) is 4.04. The fourth-order valence-electron chi connectivity index (χ4n) is 5.77. The van der Waals surface area contributed by atoms with Crippen LogP contribution in [0.3, 0.4) is 0 Å². The van der Waals surface area contributed by atoms with Crippen molar-refractivity contribution in [2.45, 2.75) is 57.7 Å². The Morgan fingerprint density at radius 2 is 1.59 bits per heavy atom. The van der Waals surface area contributed by atoms with Crippen LogP contribution in [-0.2, 0) is 15.9 Å². The number of morpholine rings is 1. The Bertz CT molecular complexity index is 1680. The third-order valence-corrected chi connectivity index (χ3v) is 9.75. The van der Waals surface area contributed by atoms with Crippen molar-refractivity contribution >= 4 is 35.0 Å². The Kier molecular flexibility index (Phi) is 12.5. The van der Waals surface area contributed by atoms with Gasteiger partial charge in [0.25, 0.3) is 0 Å². The lowest BCUT2D eigenvalue weighted by molar-refractivity contribution is -0.605. The molecule has 1 atom stereocenters. The summed E-state index contributed by atoms with van der Waals surface area (Å²) in [6.07, 6.45) is 6.16. The van der Waals surface area contributed by atoms with E-state index in [2.05, 4.69) is 4.90 Å². The number of Topliss-reactive ketones (excluding diaryl/α,β-unsaturated/α-hetero) is 1. The van der Waals surface area contributed by atoms with Crippen molar-refractivity contribution in [2.24, 2.45) is 11.8 Å². The highest BCUT2D eigenvalue weighted by Gasteiger charge is 2.28. The summed E-state index contributed by atoms with van der Waals surface area (Å²) in [5.41, 5.74) is 1.26. The minimum atomic E-state index is -3.08. The van der Waals surface area contributed by atoms with Gasteiger partial charge in [-0.2, -0.15) is 13.5 Å². The third-order valence-electron chi connectivity index (χ3n) is 9.09. The highest BCUT2D eigenvalue weighted by atomic mass is 35.5. The maximum Gasteiger partial charge on any atom is 0.387 e. The second-order valence-corrected chi connectivity index (χ2v) is 14.0. The lowest BCUT2D eigenvalue weighted by atomic mass is 10.0. The van der Waals surface area contributed by atoms with Crippen molar-refractivity contribution in [3.8, 4) is 17.2 Å². The van der Waals surface area contributed by atoms with E-state index in [0.29, 0.717) is 78.3 Å². The van der Waals surface area contributed by atoms with E-state index in [9.17, 15) is 23.6 Å². The zero-order chi connectivity index (χ0) is 35.9. The monoisotopic (exact) mass is 748 g/mol. The average molecular weight is 750 g/mol. The van der Waals surface area contributed by atoms with E-state index in [0.717, 1.165) is 57.7 Å². The standard InChI is InChI=1S/C37H40Cl2F2N2O8/c38-29-19-43(46)20-30(39)28(29)18-33(25-8-10-32(51-37(40)41)35(16-25)49-22-24-5-6-24)50-36(45)26-7-9-27(34(17-26)48-21-23-3-4-23)31(44)2-1-11-42-12-14-47-15-13-42/h7-10,16-17,19-20,23-24,33,37H,1-6,11-15,18,21-22H2/t33-/m0/s1. The summed E-state index contributed by atoms with van der Waals surface area (Å²) in [7, 11) is 0. The summed E-state index contributed by atoms with van der Waals surface area (Å²) in [4.78, 5) is 29.5. The Morgan fingerprint density at radius 3 is 2.24 bits per heavy atom.